The maximum atomic E-state index is 11.5. The summed E-state index contributed by atoms with van der Waals surface area (Å²) in [7, 11) is 1.46. The van der Waals surface area contributed by atoms with Gasteiger partial charge in [0.25, 0.3) is 0 Å². The van der Waals surface area contributed by atoms with Crippen LogP contribution >= 0.6 is 0 Å². The average Bonchev–Trinajstić information content (AvgIpc) is 2.38. The molecule has 0 spiro atoms. The Bertz CT molecular complexity index is 537. The molecule has 1 aromatic heterocycles. The van der Waals surface area contributed by atoms with E-state index in [0.717, 1.165) is 10.3 Å². The molecule has 0 atom stereocenters. The van der Waals surface area contributed by atoms with Crippen molar-refractivity contribution in [1.29, 1.82) is 0 Å². The molecule has 0 saturated heterocycles. The van der Waals surface area contributed by atoms with Crippen molar-refractivity contribution in [2.45, 2.75) is 6.61 Å². The van der Waals surface area contributed by atoms with Gasteiger partial charge < -0.3 is 9.57 Å². The largest absolute Gasteiger partial charge is 0.481 e. The third-order valence-corrected chi connectivity index (χ3v) is 2.17. The first-order valence-electron chi connectivity index (χ1n) is 5.10. The average molecular weight is 232 g/mol. The molecule has 0 radical (unpaired) electrons. The predicted octanol–water partition coefficient (Wildman–Crippen LogP) is 0.881. The molecule has 2 rings (SSSR count). The monoisotopic (exact) mass is 232 g/mol. The molecule has 0 unspecified atom stereocenters. The second kappa shape index (κ2) is 5.16. The molecule has 17 heavy (non-hydrogen) atoms. The number of rotatable bonds is 4. The first kappa shape index (κ1) is 11.2. The molecule has 0 amide bonds. The van der Waals surface area contributed by atoms with Crippen LogP contribution in [0.15, 0.2) is 47.4 Å². The van der Waals surface area contributed by atoms with E-state index in [1.165, 1.54) is 13.3 Å². The lowest BCUT2D eigenvalue weighted by Crippen LogP contribution is -2.28. The highest BCUT2D eigenvalue weighted by Gasteiger charge is 2.00. The summed E-state index contributed by atoms with van der Waals surface area (Å²) in [6, 6.07) is 11.1. The lowest BCUT2D eigenvalue weighted by molar-refractivity contribution is 0.0850. The first-order chi connectivity index (χ1) is 8.29. The number of nitrogens with zero attached hydrogens (tertiary/aromatic N) is 2. The van der Waals surface area contributed by atoms with Crippen LogP contribution in [0.3, 0.4) is 0 Å². The maximum absolute atomic E-state index is 11.5. The third kappa shape index (κ3) is 2.84. The van der Waals surface area contributed by atoms with Crippen LogP contribution in [-0.4, -0.2) is 16.8 Å². The third-order valence-electron chi connectivity index (χ3n) is 2.17. The summed E-state index contributed by atoms with van der Waals surface area (Å²) >= 11 is 0. The van der Waals surface area contributed by atoms with Crippen molar-refractivity contribution in [2.24, 2.45) is 0 Å². The number of benzene rings is 1. The summed E-state index contributed by atoms with van der Waals surface area (Å²) < 4.78 is 5.91. The predicted molar refractivity (Wildman–Crippen MR) is 61.8 cm³/mol. The van der Waals surface area contributed by atoms with Crippen molar-refractivity contribution in [3.8, 4) is 5.88 Å². The fourth-order valence-electron chi connectivity index (χ4n) is 1.31. The van der Waals surface area contributed by atoms with Crippen LogP contribution in [0.4, 0.5) is 0 Å². The van der Waals surface area contributed by atoms with Crippen LogP contribution in [0.2, 0.25) is 0 Å². The SMILES string of the molecule is COc1ccn(OCc2ccccc2)c(=O)n1. The summed E-state index contributed by atoms with van der Waals surface area (Å²) in [5.41, 5.74) is 0.482. The Morgan fingerprint density at radius 1 is 1.24 bits per heavy atom. The van der Waals surface area contributed by atoms with Gasteiger partial charge in [0, 0.05) is 6.07 Å². The van der Waals surface area contributed by atoms with Crippen molar-refractivity contribution < 1.29 is 9.57 Å². The van der Waals surface area contributed by atoms with Crippen LogP contribution in [0.25, 0.3) is 0 Å². The van der Waals surface area contributed by atoms with Gasteiger partial charge in [0.1, 0.15) is 6.61 Å². The standard InChI is InChI=1S/C12H12N2O3/c1-16-11-7-8-14(12(15)13-11)17-9-10-5-3-2-4-6-10/h2-8H,9H2,1H3. The molecular formula is C12H12N2O3. The zero-order valence-electron chi connectivity index (χ0n) is 9.37. The van der Waals surface area contributed by atoms with Crippen molar-refractivity contribution in [2.75, 3.05) is 7.11 Å². The molecule has 0 aliphatic carbocycles. The highest BCUT2D eigenvalue weighted by atomic mass is 16.7. The number of aromatic nitrogens is 2. The van der Waals surface area contributed by atoms with Gasteiger partial charge >= 0.3 is 5.69 Å². The minimum absolute atomic E-state index is 0.273. The Balaban J connectivity index is 2.07. The highest BCUT2D eigenvalue weighted by Crippen LogP contribution is 2.00. The van der Waals surface area contributed by atoms with E-state index in [1.807, 2.05) is 30.3 Å². The fraction of sp³-hybridized carbons (Fsp3) is 0.167. The topological polar surface area (TPSA) is 53.4 Å². The second-order valence-corrected chi connectivity index (χ2v) is 3.34. The summed E-state index contributed by atoms with van der Waals surface area (Å²) in [5, 5.41) is 0. The van der Waals surface area contributed by atoms with E-state index in [0.29, 0.717) is 6.61 Å². The maximum Gasteiger partial charge on any atom is 0.383 e. The molecule has 0 saturated carbocycles. The quantitative estimate of drug-likeness (QED) is 0.785. The molecule has 5 heteroatoms. The minimum Gasteiger partial charge on any atom is -0.481 e. The molecule has 5 nitrogen and oxygen atoms in total. The first-order valence-corrected chi connectivity index (χ1v) is 5.10. The Morgan fingerprint density at radius 2 is 2.00 bits per heavy atom. The number of hydrogen-bond acceptors (Lipinski definition) is 4. The lowest BCUT2D eigenvalue weighted by atomic mass is 10.2. The van der Waals surface area contributed by atoms with Crippen molar-refractivity contribution in [3.05, 3.63) is 58.6 Å². The Kier molecular flexibility index (Phi) is 3.40. The fourth-order valence-corrected chi connectivity index (χ4v) is 1.31. The van der Waals surface area contributed by atoms with Gasteiger partial charge in [-0.2, -0.15) is 4.98 Å². The molecule has 0 aliphatic rings. The summed E-state index contributed by atoms with van der Waals surface area (Å²) in [5.74, 6) is 0.273. The number of ether oxygens (including phenoxy) is 1. The van der Waals surface area contributed by atoms with E-state index in [-0.39, 0.29) is 5.88 Å². The van der Waals surface area contributed by atoms with E-state index < -0.39 is 5.69 Å². The van der Waals surface area contributed by atoms with E-state index in [9.17, 15) is 4.79 Å². The molecule has 0 N–H and O–H groups in total. The summed E-state index contributed by atoms with van der Waals surface area (Å²) in [6.45, 7) is 0.314. The van der Waals surface area contributed by atoms with E-state index >= 15 is 0 Å². The molecule has 0 bridgehead atoms. The highest BCUT2D eigenvalue weighted by molar-refractivity contribution is 5.13. The molecule has 1 aromatic carbocycles. The van der Waals surface area contributed by atoms with Crippen LogP contribution in [0, 0.1) is 0 Å². The van der Waals surface area contributed by atoms with Crippen LogP contribution in [0.5, 0.6) is 5.88 Å². The van der Waals surface area contributed by atoms with Gasteiger partial charge in [-0.3, -0.25) is 0 Å². The summed E-state index contributed by atoms with van der Waals surface area (Å²) in [4.78, 5) is 20.4. The van der Waals surface area contributed by atoms with Gasteiger partial charge in [-0.05, 0) is 5.56 Å². The zero-order chi connectivity index (χ0) is 12.1. The number of hydrogen-bond donors (Lipinski definition) is 0. The molecule has 2 aromatic rings. The Hall–Kier alpha value is -2.30. The van der Waals surface area contributed by atoms with Gasteiger partial charge in [-0.15, -0.1) is 4.73 Å². The van der Waals surface area contributed by atoms with E-state index in [1.54, 1.807) is 6.07 Å². The molecule has 88 valence electrons. The second-order valence-electron chi connectivity index (χ2n) is 3.34. The van der Waals surface area contributed by atoms with Crippen LogP contribution in [0.1, 0.15) is 5.56 Å². The van der Waals surface area contributed by atoms with Gasteiger partial charge in [-0.1, -0.05) is 30.3 Å². The smallest absolute Gasteiger partial charge is 0.383 e. The van der Waals surface area contributed by atoms with Crippen LogP contribution in [-0.2, 0) is 6.61 Å². The summed E-state index contributed by atoms with van der Waals surface area (Å²) in [6.07, 6.45) is 1.48. The van der Waals surface area contributed by atoms with Crippen molar-refractivity contribution >= 4 is 0 Å². The molecule has 1 heterocycles. The Morgan fingerprint density at radius 3 is 2.65 bits per heavy atom. The van der Waals surface area contributed by atoms with E-state index in [4.69, 9.17) is 9.57 Å². The van der Waals surface area contributed by atoms with Crippen molar-refractivity contribution in [1.82, 2.24) is 9.71 Å². The Labute approximate surface area is 98.2 Å². The number of methoxy groups -OCH3 is 1. The van der Waals surface area contributed by atoms with Crippen molar-refractivity contribution in [3.63, 3.8) is 0 Å². The van der Waals surface area contributed by atoms with Crippen LogP contribution < -0.4 is 15.3 Å². The van der Waals surface area contributed by atoms with E-state index in [2.05, 4.69) is 4.98 Å². The van der Waals surface area contributed by atoms with Gasteiger partial charge in [0.15, 0.2) is 0 Å². The zero-order valence-corrected chi connectivity index (χ0v) is 9.37. The van der Waals surface area contributed by atoms with Gasteiger partial charge in [0.2, 0.25) is 5.88 Å². The lowest BCUT2D eigenvalue weighted by Gasteiger charge is -2.07. The normalized spacial score (nSPS) is 9.94. The molecular weight excluding hydrogens is 220 g/mol. The molecule has 0 fully saturated rings. The van der Waals surface area contributed by atoms with Gasteiger partial charge in [0.05, 0.1) is 13.3 Å². The minimum atomic E-state index is -0.500. The molecule has 0 aliphatic heterocycles. The van der Waals surface area contributed by atoms with Gasteiger partial charge in [-0.25, -0.2) is 4.79 Å².